The Morgan fingerprint density at radius 1 is 1.26 bits per heavy atom. The average Bonchev–Trinajstić information content (AvgIpc) is 2.74. The van der Waals surface area contributed by atoms with Crippen LogP contribution in [0.1, 0.15) is 29.7 Å². The highest BCUT2D eigenvalue weighted by Gasteiger charge is 2.40. The standard InChI is InChI=1S/C14H20N2O3/c1-7-8(2)11(19-4)6-5-10(7)13-12(14(17)18)9(3)15-16-13/h5-6,9,12-13,15-16H,1-4H3,(H,17,18). The van der Waals surface area contributed by atoms with Crippen LogP contribution < -0.4 is 15.6 Å². The zero-order chi connectivity index (χ0) is 14.2. The molecule has 0 saturated carbocycles. The number of carbonyl (C=O) groups is 1. The summed E-state index contributed by atoms with van der Waals surface area (Å²) in [5.41, 5.74) is 9.22. The summed E-state index contributed by atoms with van der Waals surface area (Å²) in [6.07, 6.45) is 0. The SMILES string of the molecule is COc1ccc(C2NNC(C)C2C(=O)O)c(C)c1C. The van der Waals surface area contributed by atoms with Crippen LogP contribution in [0.3, 0.4) is 0 Å². The molecule has 3 atom stereocenters. The zero-order valence-corrected chi connectivity index (χ0v) is 11.7. The fourth-order valence-electron chi connectivity index (χ4n) is 2.69. The molecule has 0 bridgehead atoms. The maximum atomic E-state index is 11.4. The first-order chi connectivity index (χ1) is 8.97. The van der Waals surface area contributed by atoms with E-state index in [-0.39, 0.29) is 12.1 Å². The van der Waals surface area contributed by atoms with Crippen molar-refractivity contribution in [1.82, 2.24) is 10.9 Å². The van der Waals surface area contributed by atoms with Crippen molar-refractivity contribution in [3.63, 3.8) is 0 Å². The number of rotatable bonds is 3. The number of nitrogens with one attached hydrogen (secondary N) is 2. The molecule has 5 nitrogen and oxygen atoms in total. The van der Waals surface area contributed by atoms with E-state index < -0.39 is 11.9 Å². The molecule has 1 aromatic rings. The van der Waals surface area contributed by atoms with Gasteiger partial charge in [0.05, 0.1) is 19.1 Å². The maximum Gasteiger partial charge on any atom is 0.310 e. The molecule has 3 N–H and O–H groups in total. The van der Waals surface area contributed by atoms with Gasteiger partial charge >= 0.3 is 5.97 Å². The first-order valence-corrected chi connectivity index (χ1v) is 6.35. The Bertz CT molecular complexity index is 502. The highest BCUT2D eigenvalue weighted by Crippen LogP contribution is 2.34. The van der Waals surface area contributed by atoms with Crippen molar-refractivity contribution in [1.29, 1.82) is 0 Å². The summed E-state index contributed by atoms with van der Waals surface area (Å²) in [5, 5.41) is 9.37. The monoisotopic (exact) mass is 264 g/mol. The second kappa shape index (κ2) is 5.19. The van der Waals surface area contributed by atoms with Gasteiger partial charge in [0, 0.05) is 6.04 Å². The van der Waals surface area contributed by atoms with Gasteiger partial charge in [-0.1, -0.05) is 6.07 Å². The second-order valence-electron chi connectivity index (χ2n) is 5.03. The van der Waals surface area contributed by atoms with Crippen molar-refractivity contribution >= 4 is 5.97 Å². The number of carboxylic acid groups (broad SMARTS) is 1. The highest BCUT2D eigenvalue weighted by atomic mass is 16.5. The molecule has 5 heteroatoms. The van der Waals surface area contributed by atoms with Crippen molar-refractivity contribution < 1.29 is 14.6 Å². The fourth-order valence-corrected chi connectivity index (χ4v) is 2.69. The molecule has 0 aromatic heterocycles. The topological polar surface area (TPSA) is 70.6 Å². The van der Waals surface area contributed by atoms with Crippen LogP contribution >= 0.6 is 0 Å². The van der Waals surface area contributed by atoms with E-state index in [9.17, 15) is 9.90 Å². The number of ether oxygens (including phenoxy) is 1. The Hall–Kier alpha value is -1.59. The molecule has 1 aliphatic rings. The molecular weight excluding hydrogens is 244 g/mol. The van der Waals surface area contributed by atoms with E-state index in [1.807, 2.05) is 32.9 Å². The summed E-state index contributed by atoms with van der Waals surface area (Å²) in [6, 6.07) is 3.50. The molecule has 0 amide bonds. The summed E-state index contributed by atoms with van der Waals surface area (Å²) in [5.74, 6) is -0.443. The van der Waals surface area contributed by atoms with Gasteiger partial charge in [-0.05, 0) is 43.5 Å². The molecule has 1 fully saturated rings. The van der Waals surface area contributed by atoms with Crippen molar-refractivity contribution in [2.75, 3.05) is 7.11 Å². The predicted octanol–water partition coefficient (Wildman–Crippen LogP) is 1.55. The van der Waals surface area contributed by atoms with E-state index in [0.29, 0.717) is 0 Å². The smallest absolute Gasteiger partial charge is 0.310 e. The molecule has 1 aromatic carbocycles. The molecule has 0 spiro atoms. The molecule has 0 aliphatic carbocycles. The summed E-state index contributed by atoms with van der Waals surface area (Å²) in [7, 11) is 1.64. The minimum Gasteiger partial charge on any atom is -0.496 e. The highest BCUT2D eigenvalue weighted by molar-refractivity contribution is 5.73. The van der Waals surface area contributed by atoms with E-state index in [1.54, 1.807) is 7.11 Å². The third-order valence-electron chi connectivity index (χ3n) is 3.98. The van der Waals surface area contributed by atoms with Crippen LogP contribution in [0.2, 0.25) is 0 Å². The van der Waals surface area contributed by atoms with E-state index in [1.165, 1.54) is 0 Å². The van der Waals surface area contributed by atoms with Gasteiger partial charge in [-0.2, -0.15) is 0 Å². The summed E-state index contributed by atoms with van der Waals surface area (Å²) in [6.45, 7) is 5.85. The Balaban J connectivity index is 2.42. The van der Waals surface area contributed by atoms with Crippen molar-refractivity contribution in [2.45, 2.75) is 32.9 Å². The molecule has 1 aliphatic heterocycles. The first kappa shape index (κ1) is 13.8. The third-order valence-corrected chi connectivity index (χ3v) is 3.98. The zero-order valence-electron chi connectivity index (χ0n) is 11.7. The summed E-state index contributed by atoms with van der Waals surface area (Å²) < 4.78 is 5.29. The number of hydrogen-bond donors (Lipinski definition) is 3. The van der Waals surface area contributed by atoms with Crippen LogP contribution in [0.4, 0.5) is 0 Å². The molecular formula is C14H20N2O3. The number of carboxylic acids is 1. The number of benzene rings is 1. The normalized spacial score (nSPS) is 26.4. The predicted molar refractivity (Wildman–Crippen MR) is 72.1 cm³/mol. The van der Waals surface area contributed by atoms with Crippen molar-refractivity contribution in [3.05, 3.63) is 28.8 Å². The number of methoxy groups -OCH3 is 1. The summed E-state index contributed by atoms with van der Waals surface area (Å²) in [4.78, 5) is 11.4. The van der Waals surface area contributed by atoms with Crippen molar-refractivity contribution in [2.24, 2.45) is 5.92 Å². The van der Waals surface area contributed by atoms with E-state index in [2.05, 4.69) is 10.9 Å². The molecule has 19 heavy (non-hydrogen) atoms. The van der Waals surface area contributed by atoms with E-state index in [0.717, 1.165) is 22.4 Å². The van der Waals surface area contributed by atoms with Crippen LogP contribution in [-0.4, -0.2) is 24.2 Å². The van der Waals surface area contributed by atoms with Gasteiger partial charge in [-0.15, -0.1) is 0 Å². The van der Waals surface area contributed by atoms with Gasteiger partial charge in [-0.3, -0.25) is 10.2 Å². The molecule has 0 radical (unpaired) electrons. The Morgan fingerprint density at radius 3 is 2.53 bits per heavy atom. The van der Waals surface area contributed by atoms with Crippen LogP contribution in [0.15, 0.2) is 12.1 Å². The molecule has 1 heterocycles. The third kappa shape index (κ3) is 2.31. The van der Waals surface area contributed by atoms with Gasteiger partial charge in [0.2, 0.25) is 0 Å². The lowest BCUT2D eigenvalue weighted by molar-refractivity contribution is -0.142. The van der Waals surface area contributed by atoms with Crippen molar-refractivity contribution in [3.8, 4) is 5.75 Å². The van der Waals surface area contributed by atoms with Crippen LogP contribution in [0.25, 0.3) is 0 Å². The Labute approximate surface area is 112 Å². The second-order valence-corrected chi connectivity index (χ2v) is 5.03. The first-order valence-electron chi connectivity index (χ1n) is 6.35. The lowest BCUT2D eigenvalue weighted by Crippen LogP contribution is -2.30. The fraction of sp³-hybridized carbons (Fsp3) is 0.500. The molecule has 104 valence electrons. The van der Waals surface area contributed by atoms with Crippen LogP contribution in [-0.2, 0) is 4.79 Å². The minimum absolute atomic E-state index is 0.107. The lowest BCUT2D eigenvalue weighted by atomic mass is 9.87. The average molecular weight is 264 g/mol. The quantitative estimate of drug-likeness (QED) is 0.772. The van der Waals surface area contributed by atoms with Gasteiger partial charge in [0.1, 0.15) is 5.75 Å². The van der Waals surface area contributed by atoms with Gasteiger partial charge < -0.3 is 9.84 Å². The Kier molecular flexibility index (Phi) is 3.78. The lowest BCUT2D eigenvalue weighted by Gasteiger charge is -2.21. The molecule has 3 unspecified atom stereocenters. The van der Waals surface area contributed by atoms with Crippen LogP contribution in [0, 0.1) is 19.8 Å². The molecule has 1 saturated heterocycles. The van der Waals surface area contributed by atoms with Gasteiger partial charge in [0.25, 0.3) is 0 Å². The Morgan fingerprint density at radius 2 is 1.95 bits per heavy atom. The minimum atomic E-state index is -0.789. The van der Waals surface area contributed by atoms with E-state index >= 15 is 0 Å². The number of hydrogen-bond acceptors (Lipinski definition) is 4. The largest absolute Gasteiger partial charge is 0.496 e. The van der Waals surface area contributed by atoms with Gasteiger partial charge in [0.15, 0.2) is 0 Å². The number of aliphatic carboxylic acids is 1. The van der Waals surface area contributed by atoms with E-state index in [4.69, 9.17) is 4.74 Å². The maximum absolute atomic E-state index is 11.4. The molecule has 2 rings (SSSR count). The van der Waals surface area contributed by atoms with Gasteiger partial charge in [-0.25, -0.2) is 5.43 Å². The summed E-state index contributed by atoms with van der Waals surface area (Å²) >= 11 is 0. The number of hydrazine groups is 1. The van der Waals surface area contributed by atoms with Crippen LogP contribution in [0.5, 0.6) is 5.75 Å².